The second-order valence-electron chi connectivity index (χ2n) is 2.47. The molecule has 0 aliphatic rings. The highest BCUT2D eigenvalue weighted by atomic mass is 16.2. The third-order valence-corrected chi connectivity index (χ3v) is 1.35. The summed E-state index contributed by atoms with van der Waals surface area (Å²) in [5, 5.41) is 5.29. The van der Waals surface area contributed by atoms with E-state index in [9.17, 15) is 4.79 Å². The summed E-state index contributed by atoms with van der Waals surface area (Å²) in [7, 11) is 0. The lowest BCUT2D eigenvalue weighted by Crippen LogP contribution is -2.38. The zero-order chi connectivity index (χ0) is 9.23. The van der Waals surface area contributed by atoms with Crippen LogP contribution in [0.15, 0.2) is 0 Å². The van der Waals surface area contributed by atoms with Crippen LogP contribution in [0.4, 0.5) is 4.79 Å². The van der Waals surface area contributed by atoms with Gasteiger partial charge in [-0.3, -0.25) is 0 Å². The lowest BCUT2D eigenvalue weighted by Gasteiger charge is -2.05. The van der Waals surface area contributed by atoms with Crippen LogP contribution in [0.2, 0.25) is 0 Å². The first-order chi connectivity index (χ1) is 5.81. The van der Waals surface area contributed by atoms with E-state index in [0.717, 1.165) is 12.8 Å². The number of unbranched alkanes of at least 4 members (excludes halogenated alkanes) is 1. The van der Waals surface area contributed by atoms with E-state index in [2.05, 4.69) is 10.6 Å². The number of rotatable bonds is 6. The first-order valence-electron chi connectivity index (χ1n) is 4.23. The molecule has 0 saturated carbocycles. The van der Waals surface area contributed by atoms with Crippen LogP contribution < -0.4 is 22.1 Å². The molecule has 0 aliphatic heterocycles. The molecule has 0 spiro atoms. The Hall–Kier alpha value is -0.810. The van der Waals surface area contributed by atoms with Crippen molar-refractivity contribution in [2.24, 2.45) is 11.5 Å². The Morgan fingerprint density at radius 2 is 1.67 bits per heavy atom. The predicted octanol–water partition coefficient (Wildman–Crippen LogP) is -1.02. The minimum atomic E-state index is -0.155. The van der Waals surface area contributed by atoms with E-state index in [-0.39, 0.29) is 6.03 Å². The Morgan fingerprint density at radius 1 is 1.00 bits per heavy atom. The summed E-state index contributed by atoms with van der Waals surface area (Å²) in [5.74, 6) is 0. The fourth-order valence-electron chi connectivity index (χ4n) is 0.719. The molecule has 0 aliphatic carbocycles. The van der Waals surface area contributed by atoms with E-state index in [1.54, 1.807) is 0 Å². The van der Waals surface area contributed by atoms with Crippen molar-refractivity contribution in [3.63, 3.8) is 0 Å². The zero-order valence-corrected chi connectivity index (χ0v) is 7.31. The van der Waals surface area contributed by atoms with Crippen LogP contribution in [0.25, 0.3) is 0 Å². The highest BCUT2D eigenvalue weighted by molar-refractivity contribution is 5.73. The highest BCUT2D eigenvalue weighted by Crippen LogP contribution is 1.81. The first-order valence-corrected chi connectivity index (χ1v) is 4.23. The van der Waals surface area contributed by atoms with Gasteiger partial charge in [0, 0.05) is 19.6 Å². The molecule has 0 radical (unpaired) electrons. The van der Waals surface area contributed by atoms with Crippen LogP contribution in [-0.2, 0) is 0 Å². The molecule has 0 saturated heterocycles. The lowest BCUT2D eigenvalue weighted by atomic mass is 10.3. The minimum Gasteiger partial charge on any atom is -0.338 e. The third kappa shape index (κ3) is 7.30. The predicted molar refractivity (Wildman–Crippen MR) is 48.7 cm³/mol. The summed E-state index contributed by atoms with van der Waals surface area (Å²) in [6, 6.07) is -0.155. The molecule has 2 amide bonds. The van der Waals surface area contributed by atoms with Gasteiger partial charge >= 0.3 is 6.03 Å². The van der Waals surface area contributed by atoms with Gasteiger partial charge in [-0.15, -0.1) is 0 Å². The number of carbonyl (C=O) groups excluding carboxylic acids is 1. The van der Waals surface area contributed by atoms with Gasteiger partial charge < -0.3 is 22.1 Å². The van der Waals surface area contributed by atoms with Crippen molar-refractivity contribution < 1.29 is 4.79 Å². The number of nitrogens with two attached hydrogens (primary N) is 2. The molecule has 0 heterocycles. The number of carbonyl (C=O) groups is 1. The van der Waals surface area contributed by atoms with E-state index >= 15 is 0 Å². The van der Waals surface area contributed by atoms with Crippen LogP contribution in [0.3, 0.4) is 0 Å². The Labute approximate surface area is 72.9 Å². The topological polar surface area (TPSA) is 93.2 Å². The Bertz CT molecular complexity index is 118. The monoisotopic (exact) mass is 174 g/mol. The van der Waals surface area contributed by atoms with Gasteiger partial charge in [0.05, 0.1) is 0 Å². The van der Waals surface area contributed by atoms with E-state index in [0.29, 0.717) is 26.2 Å². The van der Waals surface area contributed by atoms with Crippen LogP contribution in [0.1, 0.15) is 12.8 Å². The average Bonchev–Trinajstić information content (AvgIpc) is 2.09. The molecular formula is C7H18N4O. The fourth-order valence-corrected chi connectivity index (χ4v) is 0.719. The summed E-state index contributed by atoms with van der Waals surface area (Å²) in [4.78, 5) is 10.9. The average molecular weight is 174 g/mol. The molecule has 0 aromatic rings. The van der Waals surface area contributed by atoms with Crippen molar-refractivity contribution in [1.82, 2.24) is 10.6 Å². The van der Waals surface area contributed by atoms with E-state index in [1.807, 2.05) is 0 Å². The maximum atomic E-state index is 10.9. The van der Waals surface area contributed by atoms with Crippen molar-refractivity contribution in [2.75, 3.05) is 26.2 Å². The fraction of sp³-hybridized carbons (Fsp3) is 0.857. The quantitative estimate of drug-likeness (QED) is 0.388. The highest BCUT2D eigenvalue weighted by Gasteiger charge is 1.95. The van der Waals surface area contributed by atoms with Gasteiger partial charge in [-0.05, 0) is 19.4 Å². The van der Waals surface area contributed by atoms with Gasteiger partial charge in [0.15, 0.2) is 0 Å². The van der Waals surface area contributed by atoms with E-state index in [1.165, 1.54) is 0 Å². The van der Waals surface area contributed by atoms with Crippen molar-refractivity contribution >= 4 is 6.03 Å². The van der Waals surface area contributed by atoms with E-state index in [4.69, 9.17) is 11.5 Å². The maximum Gasteiger partial charge on any atom is 0.314 e. The standard InChI is InChI=1S/C7H18N4O/c8-3-1-2-5-10-7(12)11-6-4-9/h1-6,8-9H2,(H2,10,11,12). The third-order valence-electron chi connectivity index (χ3n) is 1.35. The summed E-state index contributed by atoms with van der Waals surface area (Å²) >= 11 is 0. The SMILES string of the molecule is NCCCCNC(=O)NCCN. The second-order valence-corrected chi connectivity index (χ2v) is 2.47. The molecule has 0 aromatic carbocycles. The molecule has 0 bridgehead atoms. The molecule has 5 nitrogen and oxygen atoms in total. The summed E-state index contributed by atoms with van der Waals surface area (Å²) in [5.41, 5.74) is 10.5. The largest absolute Gasteiger partial charge is 0.338 e. The molecule has 0 rings (SSSR count). The van der Waals surface area contributed by atoms with Crippen molar-refractivity contribution in [2.45, 2.75) is 12.8 Å². The molecule has 0 unspecified atom stereocenters. The van der Waals surface area contributed by atoms with E-state index < -0.39 is 0 Å². The van der Waals surface area contributed by atoms with Crippen LogP contribution >= 0.6 is 0 Å². The number of urea groups is 1. The summed E-state index contributed by atoms with van der Waals surface area (Å²) in [6.45, 7) is 2.33. The second kappa shape index (κ2) is 8.29. The van der Waals surface area contributed by atoms with Gasteiger partial charge in [0.1, 0.15) is 0 Å². The number of hydrogen-bond acceptors (Lipinski definition) is 3. The number of hydrogen-bond donors (Lipinski definition) is 4. The lowest BCUT2D eigenvalue weighted by molar-refractivity contribution is 0.241. The number of nitrogens with one attached hydrogen (secondary N) is 2. The molecule has 12 heavy (non-hydrogen) atoms. The molecule has 72 valence electrons. The van der Waals surface area contributed by atoms with Gasteiger partial charge in [-0.25, -0.2) is 4.79 Å². The normalized spacial score (nSPS) is 9.50. The van der Waals surface area contributed by atoms with Gasteiger partial charge in [0.2, 0.25) is 0 Å². The minimum absolute atomic E-state index is 0.155. The van der Waals surface area contributed by atoms with Crippen LogP contribution in [-0.4, -0.2) is 32.2 Å². The summed E-state index contributed by atoms with van der Waals surface area (Å²) in [6.07, 6.45) is 1.86. The van der Waals surface area contributed by atoms with Crippen LogP contribution in [0.5, 0.6) is 0 Å². The van der Waals surface area contributed by atoms with Gasteiger partial charge in [0.25, 0.3) is 0 Å². The summed E-state index contributed by atoms with van der Waals surface area (Å²) < 4.78 is 0. The Morgan fingerprint density at radius 3 is 2.25 bits per heavy atom. The zero-order valence-electron chi connectivity index (χ0n) is 7.31. The molecule has 0 fully saturated rings. The van der Waals surface area contributed by atoms with Gasteiger partial charge in [-0.2, -0.15) is 0 Å². The Kier molecular flexibility index (Phi) is 7.73. The molecule has 0 atom stereocenters. The first kappa shape index (κ1) is 11.2. The van der Waals surface area contributed by atoms with Gasteiger partial charge in [-0.1, -0.05) is 0 Å². The smallest absolute Gasteiger partial charge is 0.314 e. The van der Waals surface area contributed by atoms with Crippen molar-refractivity contribution in [3.8, 4) is 0 Å². The maximum absolute atomic E-state index is 10.9. The molecule has 5 heteroatoms. The van der Waals surface area contributed by atoms with Crippen molar-refractivity contribution in [1.29, 1.82) is 0 Å². The van der Waals surface area contributed by atoms with Crippen molar-refractivity contribution in [3.05, 3.63) is 0 Å². The van der Waals surface area contributed by atoms with Crippen LogP contribution in [0, 0.1) is 0 Å². The molecule has 6 N–H and O–H groups in total. The molecule has 0 aromatic heterocycles. The Balaban J connectivity index is 3.08. The number of amides is 2. The molecular weight excluding hydrogens is 156 g/mol.